The largest absolute Gasteiger partial charge is 0.312 e. The van der Waals surface area contributed by atoms with Gasteiger partial charge >= 0.3 is 0 Å². The molecule has 4 rings (SSSR count). The first kappa shape index (κ1) is 16.9. The van der Waals surface area contributed by atoms with Crippen LogP contribution in [0.2, 0.25) is 0 Å². The van der Waals surface area contributed by atoms with Crippen molar-refractivity contribution < 1.29 is 4.79 Å². The van der Waals surface area contributed by atoms with Crippen LogP contribution in [0.5, 0.6) is 0 Å². The number of thiazole rings is 1. The number of nitrogens with zero attached hydrogens (tertiary/aromatic N) is 3. The molecule has 1 atom stereocenters. The molecule has 2 aromatic heterocycles. The van der Waals surface area contributed by atoms with Gasteiger partial charge in [0.1, 0.15) is 5.01 Å². The Morgan fingerprint density at radius 2 is 2.08 bits per heavy atom. The number of aryl methyl sites for hydroxylation is 1. The van der Waals surface area contributed by atoms with Crippen molar-refractivity contribution >= 4 is 22.9 Å². The molecule has 0 bridgehead atoms. The third-order valence-electron chi connectivity index (χ3n) is 4.85. The van der Waals surface area contributed by atoms with Crippen molar-refractivity contribution in [3.63, 3.8) is 0 Å². The molecule has 1 amide bonds. The summed E-state index contributed by atoms with van der Waals surface area (Å²) in [5.41, 5.74) is 3.18. The summed E-state index contributed by atoms with van der Waals surface area (Å²) in [5, 5.41) is 1.01. The lowest BCUT2D eigenvalue weighted by atomic mass is 9.89. The van der Waals surface area contributed by atoms with Crippen LogP contribution < -0.4 is 4.90 Å². The van der Waals surface area contributed by atoms with Crippen molar-refractivity contribution in [3.05, 3.63) is 65.4 Å². The first-order valence-corrected chi connectivity index (χ1v) is 9.83. The van der Waals surface area contributed by atoms with Gasteiger partial charge in [0.15, 0.2) is 0 Å². The van der Waals surface area contributed by atoms with E-state index in [2.05, 4.69) is 4.98 Å². The smallest absolute Gasteiger partial charge is 0.230 e. The highest BCUT2D eigenvalue weighted by atomic mass is 32.1. The summed E-state index contributed by atoms with van der Waals surface area (Å²) < 4.78 is 0. The van der Waals surface area contributed by atoms with E-state index in [1.54, 1.807) is 17.5 Å². The molecule has 26 heavy (non-hydrogen) atoms. The van der Waals surface area contributed by atoms with Crippen LogP contribution in [-0.2, 0) is 17.6 Å². The maximum Gasteiger partial charge on any atom is 0.230 e. The fourth-order valence-corrected chi connectivity index (χ4v) is 4.67. The van der Waals surface area contributed by atoms with E-state index in [1.165, 1.54) is 4.88 Å². The average molecular weight is 363 g/mol. The van der Waals surface area contributed by atoms with Gasteiger partial charge in [0.2, 0.25) is 5.91 Å². The second-order valence-corrected chi connectivity index (χ2v) is 7.57. The maximum atomic E-state index is 13.1. The van der Waals surface area contributed by atoms with Crippen LogP contribution in [0.1, 0.15) is 23.9 Å². The number of hydrogen-bond donors (Lipinski definition) is 0. The first-order chi connectivity index (χ1) is 12.8. The van der Waals surface area contributed by atoms with E-state index in [9.17, 15) is 4.79 Å². The summed E-state index contributed by atoms with van der Waals surface area (Å²) >= 11 is 1.70. The van der Waals surface area contributed by atoms with Crippen molar-refractivity contribution in [2.45, 2.75) is 26.2 Å². The fraction of sp³-hybridized carbons (Fsp3) is 0.286. The molecular formula is C21H21N3OS. The molecular weight excluding hydrogens is 342 g/mol. The van der Waals surface area contributed by atoms with E-state index in [0.717, 1.165) is 41.2 Å². The molecule has 2 heterocycles. The van der Waals surface area contributed by atoms with Crippen molar-refractivity contribution in [3.8, 4) is 10.6 Å². The summed E-state index contributed by atoms with van der Waals surface area (Å²) in [6.45, 7) is 2.72. The Bertz CT molecular complexity index is 892. The predicted octanol–water partition coefficient (Wildman–Crippen LogP) is 4.36. The third-order valence-corrected chi connectivity index (χ3v) is 6.02. The van der Waals surface area contributed by atoms with Crippen LogP contribution in [0, 0.1) is 5.92 Å². The fourth-order valence-electron chi connectivity index (χ4n) is 3.49. The number of benzene rings is 1. The molecule has 5 heteroatoms. The molecule has 0 saturated carbocycles. The van der Waals surface area contributed by atoms with Gasteiger partial charge in [-0.1, -0.05) is 18.2 Å². The SMILES string of the molecule is CCN(C(=O)C1CCc2nc(-c3cccnc3)sc2C1)c1ccccc1. The van der Waals surface area contributed by atoms with Gasteiger partial charge in [-0.05, 0) is 50.5 Å². The summed E-state index contributed by atoms with van der Waals surface area (Å²) in [7, 11) is 0. The Kier molecular flexibility index (Phi) is 4.80. The zero-order valence-electron chi connectivity index (χ0n) is 14.8. The molecule has 0 saturated heterocycles. The number of carbonyl (C=O) groups is 1. The Hall–Kier alpha value is -2.53. The van der Waals surface area contributed by atoms with Gasteiger partial charge in [-0.2, -0.15) is 0 Å². The number of hydrogen-bond acceptors (Lipinski definition) is 4. The Morgan fingerprint density at radius 3 is 2.81 bits per heavy atom. The van der Waals surface area contributed by atoms with Gasteiger partial charge in [-0.15, -0.1) is 11.3 Å². The lowest BCUT2D eigenvalue weighted by Crippen LogP contribution is -2.38. The van der Waals surface area contributed by atoms with Gasteiger partial charge < -0.3 is 4.90 Å². The van der Waals surface area contributed by atoms with Crippen LogP contribution in [0.25, 0.3) is 10.6 Å². The number of aromatic nitrogens is 2. The molecule has 1 aliphatic rings. The molecule has 4 nitrogen and oxygen atoms in total. The number of anilines is 1. The maximum absolute atomic E-state index is 13.1. The Balaban J connectivity index is 1.54. The predicted molar refractivity (Wildman–Crippen MR) is 105 cm³/mol. The Morgan fingerprint density at radius 1 is 1.23 bits per heavy atom. The highest BCUT2D eigenvalue weighted by Crippen LogP contribution is 2.35. The van der Waals surface area contributed by atoms with Gasteiger partial charge in [0.05, 0.1) is 5.69 Å². The van der Waals surface area contributed by atoms with Crippen molar-refractivity contribution in [2.75, 3.05) is 11.4 Å². The molecule has 1 aromatic carbocycles. The minimum atomic E-state index is 0.0323. The van der Waals surface area contributed by atoms with Gasteiger partial charge in [-0.3, -0.25) is 9.78 Å². The molecule has 1 aliphatic carbocycles. The molecule has 0 fully saturated rings. The lowest BCUT2D eigenvalue weighted by Gasteiger charge is -2.28. The zero-order valence-corrected chi connectivity index (χ0v) is 15.6. The highest BCUT2D eigenvalue weighted by Gasteiger charge is 2.30. The molecule has 132 valence electrons. The van der Waals surface area contributed by atoms with Crippen LogP contribution in [0.3, 0.4) is 0 Å². The van der Waals surface area contributed by atoms with Crippen LogP contribution in [0.15, 0.2) is 54.9 Å². The highest BCUT2D eigenvalue weighted by molar-refractivity contribution is 7.15. The molecule has 0 spiro atoms. The molecule has 3 aromatic rings. The monoisotopic (exact) mass is 363 g/mol. The second-order valence-electron chi connectivity index (χ2n) is 6.49. The van der Waals surface area contributed by atoms with E-state index in [-0.39, 0.29) is 11.8 Å². The minimum Gasteiger partial charge on any atom is -0.312 e. The summed E-state index contributed by atoms with van der Waals surface area (Å²) in [6, 6.07) is 13.9. The van der Waals surface area contributed by atoms with Crippen molar-refractivity contribution in [1.29, 1.82) is 0 Å². The summed E-state index contributed by atoms with van der Waals surface area (Å²) in [6.07, 6.45) is 6.14. The van der Waals surface area contributed by atoms with Crippen LogP contribution in [-0.4, -0.2) is 22.4 Å². The normalized spacial score (nSPS) is 16.1. The summed E-state index contributed by atoms with van der Waals surface area (Å²) in [4.78, 5) is 25.2. The lowest BCUT2D eigenvalue weighted by molar-refractivity contribution is -0.122. The van der Waals surface area contributed by atoms with E-state index in [4.69, 9.17) is 4.98 Å². The van der Waals surface area contributed by atoms with Crippen LogP contribution in [0.4, 0.5) is 5.69 Å². The standard InChI is InChI=1S/C21H21N3OS/c1-2-24(17-8-4-3-5-9-17)21(25)15-10-11-18-19(13-15)26-20(23-18)16-7-6-12-22-14-16/h3-9,12,14-15H,2,10-11,13H2,1H3. The summed E-state index contributed by atoms with van der Waals surface area (Å²) in [5.74, 6) is 0.255. The van der Waals surface area contributed by atoms with Crippen LogP contribution >= 0.6 is 11.3 Å². The van der Waals surface area contributed by atoms with Crippen molar-refractivity contribution in [2.24, 2.45) is 5.92 Å². The first-order valence-electron chi connectivity index (χ1n) is 9.01. The number of para-hydroxylation sites is 1. The average Bonchev–Trinajstić information content (AvgIpc) is 3.13. The van der Waals surface area contributed by atoms with Gasteiger partial charge in [0.25, 0.3) is 0 Å². The molecule has 0 N–H and O–H groups in total. The molecule has 0 aliphatic heterocycles. The van der Waals surface area contributed by atoms with E-state index >= 15 is 0 Å². The van der Waals surface area contributed by atoms with Gasteiger partial charge in [0, 0.05) is 41.0 Å². The van der Waals surface area contributed by atoms with E-state index in [1.807, 2.05) is 60.5 Å². The Labute approximate surface area is 157 Å². The number of amides is 1. The number of carbonyl (C=O) groups excluding carboxylic acids is 1. The second kappa shape index (κ2) is 7.38. The molecule has 0 radical (unpaired) electrons. The quantitative estimate of drug-likeness (QED) is 0.692. The number of pyridine rings is 1. The topological polar surface area (TPSA) is 46.1 Å². The van der Waals surface area contributed by atoms with Crippen molar-refractivity contribution in [1.82, 2.24) is 9.97 Å². The van der Waals surface area contributed by atoms with Gasteiger partial charge in [-0.25, -0.2) is 4.98 Å². The van der Waals surface area contributed by atoms with E-state index in [0.29, 0.717) is 6.54 Å². The van der Waals surface area contributed by atoms with E-state index < -0.39 is 0 Å². The minimum absolute atomic E-state index is 0.0323. The number of rotatable bonds is 4. The zero-order chi connectivity index (χ0) is 17.9. The number of fused-ring (bicyclic) bond motifs is 1. The third kappa shape index (κ3) is 3.27. The molecule has 1 unspecified atom stereocenters.